The Morgan fingerprint density at radius 1 is 1.12 bits per heavy atom. The minimum atomic E-state index is -0.378. The van der Waals surface area contributed by atoms with Crippen LogP contribution in [0.3, 0.4) is 0 Å². The summed E-state index contributed by atoms with van der Waals surface area (Å²) < 4.78 is 3.66. The first-order valence-electron chi connectivity index (χ1n) is 11.0. The summed E-state index contributed by atoms with van der Waals surface area (Å²) in [5, 5.41) is 3.38. The molecule has 1 saturated heterocycles. The van der Waals surface area contributed by atoms with Crippen LogP contribution in [0.5, 0.6) is 0 Å². The minimum absolute atomic E-state index is 0.142. The number of fused-ring (bicyclic) bond motifs is 1. The SMILES string of the molecule is CCn1c(=O)[nH]c2cc(CN3CCN(c4ccc(C(=O)NC)c(=O)n4C)CC3)ccc2c1=S. The van der Waals surface area contributed by atoms with Gasteiger partial charge in [-0.1, -0.05) is 18.3 Å². The molecule has 0 spiro atoms. The summed E-state index contributed by atoms with van der Waals surface area (Å²) in [5.41, 5.74) is 1.52. The third-order valence-corrected chi connectivity index (χ3v) is 6.65. The average Bonchev–Trinajstić information content (AvgIpc) is 2.81. The zero-order valence-corrected chi connectivity index (χ0v) is 19.9. The number of carbonyl (C=O) groups is 1. The molecule has 1 aromatic carbocycles. The van der Waals surface area contributed by atoms with Gasteiger partial charge in [-0.05, 0) is 36.8 Å². The van der Waals surface area contributed by atoms with E-state index < -0.39 is 0 Å². The third-order valence-electron chi connectivity index (χ3n) is 6.21. The maximum absolute atomic E-state index is 12.6. The summed E-state index contributed by atoms with van der Waals surface area (Å²) in [5.74, 6) is 0.425. The van der Waals surface area contributed by atoms with Crippen molar-refractivity contribution in [2.24, 2.45) is 7.05 Å². The van der Waals surface area contributed by atoms with Gasteiger partial charge in [-0.2, -0.15) is 0 Å². The van der Waals surface area contributed by atoms with Gasteiger partial charge >= 0.3 is 5.69 Å². The van der Waals surface area contributed by atoms with Crippen molar-refractivity contribution < 1.29 is 4.79 Å². The third kappa shape index (κ3) is 4.36. The molecule has 1 fully saturated rings. The van der Waals surface area contributed by atoms with Crippen LogP contribution in [0.1, 0.15) is 22.8 Å². The Balaban J connectivity index is 1.47. The smallest absolute Gasteiger partial charge is 0.326 e. The second-order valence-electron chi connectivity index (χ2n) is 8.17. The Bertz CT molecular complexity index is 1380. The number of piperazine rings is 1. The molecule has 2 N–H and O–H groups in total. The second kappa shape index (κ2) is 9.32. The van der Waals surface area contributed by atoms with Crippen LogP contribution in [-0.2, 0) is 20.1 Å². The molecule has 10 heteroatoms. The largest absolute Gasteiger partial charge is 0.355 e. The van der Waals surface area contributed by atoms with E-state index in [1.165, 1.54) is 11.6 Å². The predicted molar refractivity (Wildman–Crippen MR) is 132 cm³/mol. The van der Waals surface area contributed by atoms with Crippen LogP contribution >= 0.6 is 12.2 Å². The quantitative estimate of drug-likeness (QED) is 0.551. The molecule has 0 aliphatic carbocycles. The van der Waals surface area contributed by atoms with E-state index in [-0.39, 0.29) is 22.7 Å². The summed E-state index contributed by atoms with van der Waals surface area (Å²) >= 11 is 5.47. The molecule has 0 saturated carbocycles. The van der Waals surface area contributed by atoms with E-state index in [4.69, 9.17) is 12.2 Å². The highest BCUT2D eigenvalue weighted by atomic mass is 32.1. The highest BCUT2D eigenvalue weighted by Crippen LogP contribution is 2.19. The molecule has 174 valence electrons. The number of hydrogen-bond acceptors (Lipinski definition) is 6. The molecule has 3 aromatic rings. The number of anilines is 1. The van der Waals surface area contributed by atoms with E-state index in [1.54, 1.807) is 17.7 Å². The number of nitrogens with zero attached hydrogens (tertiary/aromatic N) is 4. The number of hydrogen-bond donors (Lipinski definition) is 2. The molecular formula is C23H28N6O3S. The summed E-state index contributed by atoms with van der Waals surface area (Å²) in [7, 11) is 3.21. The first-order chi connectivity index (χ1) is 15.8. The van der Waals surface area contributed by atoms with Crippen molar-refractivity contribution in [3.8, 4) is 0 Å². The number of benzene rings is 1. The zero-order valence-electron chi connectivity index (χ0n) is 19.1. The predicted octanol–water partition coefficient (Wildman–Crippen LogP) is 1.46. The van der Waals surface area contributed by atoms with Gasteiger partial charge in [0.1, 0.15) is 16.0 Å². The van der Waals surface area contributed by atoms with Gasteiger partial charge in [-0.25, -0.2) is 4.79 Å². The molecule has 4 rings (SSSR count). The lowest BCUT2D eigenvalue weighted by molar-refractivity contribution is 0.0961. The number of rotatable bonds is 5. The summed E-state index contributed by atoms with van der Waals surface area (Å²) in [6.07, 6.45) is 0. The molecule has 2 aromatic heterocycles. The number of H-pyrrole nitrogens is 1. The van der Waals surface area contributed by atoms with Gasteiger partial charge in [0.15, 0.2) is 0 Å². The number of pyridine rings is 1. The van der Waals surface area contributed by atoms with Crippen LogP contribution < -0.4 is 21.5 Å². The van der Waals surface area contributed by atoms with E-state index in [9.17, 15) is 14.4 Å². The fraction of sp³-hybridized carbons (Fsp3) is 0.391. The Labute approximate surface area is 196 Å². The Morgan fingerprint density at radius 2 is 1.85 bits per heavy atom. The zero-order chi connectivity index (χ0) is 23.7. The van der Waals surface area contributed by atoms with Crippen LogP contribution in [-0.4, -0.2) is 58.2 Å². The maximum Gasteiger partial charge on any atom is 0.326 e. The van der Waals surface area contributed by atoms with Crippen molar-refractivity contribution >= 4 is 34.8 Å². The van der Waals surface area contributed by atoms with Gasteiger partial charge in [0.05, 0.1) is 5.52 Å². The molecule has 33 heavy (non-hydrogen) atoms. The summed E-state index contributed by atoms with van der Waals surface area (Å²) in [6, 6.07) is 9.46. The number of amides is 1. The fourth-order valence-corrected chi connectivity index (χ4v) is 4.72. The Kier molecular flexibility index (Phi) is 6.48. The fourth-order valence-electron chi connectivity index (χ4n) is 4.33. The molecule has 0 unspecified atom stereocenters. The van der Waals surface area contributed by atoms with E-state index in [2.05, 4.69) is 26.2 Å². The molecule has 1 aliphatic rings. The number of carbonyl (C=O) groups excluding carboxylic acids is 1. The topological polar surface area (TPSA) is 95.4 Å². The van der Waals surface area contributed by atoms with Gasteiger partial charge in [0, 0.05) is 58.8 Å². The van der Waals surface area contributed by atoms with E-state index >= 15 is 0 Å². The van der Waals surface area contributed by atoms with Gasteiger partial charge < -0.3 is 15.2 Å². The highest BCUT2D eigenvalue weighted by Gasteiger charge is 2.21. The lowest BCUT2D eigenvalue weighted by Crippen LogP contribution is -2.47. The summed E-state index contributed by atoms with van der Waals surface area (Å²) in [6.45, 7) is 6.40. The van der Waals surface area contributed by atoms with Crippen molar-refractivity contribution in [2.75, 3.05) is 38.1 Å². The number of aromatic amines is 1. The van der Waals surface area contributed by atoms with Gasteiger partial charge in [-0.3, -0.25) is 23.6 Å². The van der Waals surface area contributed by atoms with Crippen LogP contribution in [0.15, 0.2) is 39.9 Å². The number of aromatic nitrogens is 3. The van der Waals surface area contributed by atoms with Crippen LogP contribution in [0, 0.1) is 4.64 Å². The van der Waals surface area contributed by atoms with Gasteiger partial charge in [0.25, 0.3) is 11.5 Å². The van der Waals surface area contributed by atoms with Gasteiger partial charge in [-0.15, -0.1) is 0 Å². The van der Waals surface area contributed by atoms with E-state index in [0.717, 1.165) is 55.0 Å². The van der Waals surface area contributed by atoms with Crippen molar-refractivity contribution in [3.63, 3.8) is 0 Å². The molecular weight excluding hydrogens is 440 g/mol. The molecule has 0 atom stereocenters. The lowest BCUT2D eigenvalue weighted by atomic mass is 10.1. The van der Waals surface area contributed by atoms with Crippen LogP contribution in [0.4, 0.5) is 5.82 Å². The standard InChI is InChI=1S/C23H28N6O3S/c1-4-29-22(33)16-6-5-15(13-18(16)25-23(29)32)14-27-9-11-28(12-10-27)19-8-7-17(20(30)24-2)21(31)26(19)3/h5-8,13H,4,9-12,14H2,1-3H3,(H,24,30)(H,25,32). The van der Waals surface area contributed by atoms with Crippen molar-refractivity contribution in [1.82, 2.24) is 24.3 Å². The molecule has 1 aliphatic heterocycles. The van der Waals surface area contributed by atoms with Crippen LogP contribution in [0.2, 0.25) is 0 Å². The van der Waals surface area contributed by atoms with Crippen molar-refractivity contribution in [3.05, 3.63) is 66.9 Å². The van der Waals surface area contributed by atoms with Crippen molar-refractivity contribution in [2.45, 2.75) is 20.0 Å². The normalized spacial score (nSPS) is 14.6. The van der Waals surface area contributed by atoms with Crippen LogP contribution in [0.25, 0.3) is 10.9 Å². The maximum atomic E-state index is 12.6. The molecule has 0 radical (unpaired) electrons. The molecule has 9 nitrogen and oxygen atoms in total. The molecule has 0 bridgehead atoms. The molecule has 3 heterocycles. The second-order valence-corrected chi connectivity index (χ2v) is 8.56. The monoisotopic (exact) mass is 468 g/mol. The lowest BCUT2D eigenvalue weighted by Gasteiger charge is -2.36. The molecule has 1 amide bonds. The first-order valence-corrected chi connectivity index (χ1v) is 11.4. The van der Waals surface area contributed by atoms with E-state index in [0.29, 0.717) is 11.2 Å². The number of nitrogens with one attached hydrogen (secondary N) is 2. The minimum Gasteiger partial charge on any atom is -0.355 e. The average molecular weight is 469 g/mol. The Morgan fingerprint density at radius 3 is 2.52 bits per heavy atom. The van der Waals surface area contributed by atoms with Gasteiger partial charge in [0.2, 0.25) is 0 Å². The first kappa shape index (κ1) is 22.9. The summed E-state index contributed by atoms with van der Waals surface area (Å²) in [4.78, 5) is 44.1. The van der Waals surface area contributed by atoms with Crippen molar-refractivity contribution in [1.29, 1.82) is 0 Å². The Hall–Kier alpha value is -3.24. The highest BCUT2D eigenvalue weighted by molar-refractivity contribution is 7.71. The van der Waals surface area contributed by atoms with E-state index in [1.807, 2.05) is 25.1 Å².